The number of methoxy groups -OCH3 is 1. The van der Waals surface area contributed by atoms with Gasteiger partial charge < -0.3 is 14.4 Å². The monoisotopic (exact) mass is 378 g/mol. The molecule has 1 aromatic heterocycles. The van der Waals surface area contributed by atoms with Crippen LogP contribution in [0.25, 0.3) is 10.9 Å². The van der Waals surface area contributed by atoms with E-state index < -0.39 is 5.97 Å². The molecule has 0 bridgehead atoms. The Morgan fingerprint density at radius 1 is 1.07 bits per heavy atom. The third kappa shape index (κ3) is 4.46. The van der Waals surface area contributed by atoms with Gasteiger partial charge in [-0.3, -0.25) is 9.78 Å². The second kappa shape index (κ2) is 8.52. The summed E-state index contributed by atoms with van der Waals surface area (Å²) in [7, 11) is 3.26. The summed E-state index contributed by atoms with van der Waals surface area (Å²) >= 11 is 0. The number of carbonyl (C=O) groups excluding carboxylic acids is 2. The summed E-state index contributed by atoms with van der Waals surface area (Å²) in [5, 5.41) is 0.768. The van der Waals surface area contributed by atoms with Gasteiger partial charge in [0.05, 0.1) is 23.9 Å². The highest BCUT2D eigenvalue weighted by atomic mass is 16.5. The van der Waals surface area contributed by atoms with Gasteiger partial charge in [0.1, 0.15) is 5.75 Å². The first kappa shape index (κ1) is 19.4. The van der Waals surface area contributed by atoms with E-state index in [-0.39, 0.29) is 12.5 Å². The highest BCUT2D eigenvalue weighted by Crippen LogP contribution is 2.22. The molecule has 28 heavy (non-hydrogen) atoms. The molecule has 0 unspecified atom stereocenters. The molecule has 2 aromatic carbocycles. The highest BCUT2D eigenvalue weighted by Gasteiger charge is 2.17. The van der Waals surface area contributed by atoms with E-state index in [1.165, 1.54) is 4.90 Å². The van der Waals surface area contributed by atoms with Crippen molar-refractivity contribution in [3.63, 3.8) is 0 Å². The topological polar surface area (TPSA) is 68.7 Å². The average molecular weight is 378 g/mol. The van der Waals surface area contributed by atoms with Crippen molar-refractivity contribution in [3.05, 3.63) is 71.4 Å². The fourth-order valence-corrected chi connectivity index (χ4v) is 2.85. The summed E-state index contributed by atoms with van der Waals surface area (Å²) in [4.78, 5) is 30.7. The number of ether oxygens (including phenoxy) is 2. The number of pyridine rings is 1. The van der Waals surface area contributed by atoms with Gasteiger partial charge >= 0.3 is 5.97 Å². The smallest absolute Gasteiger partial charge is 0.340 e. The zero-order valence-electron chi connectivity index (χ0n) is 16.1. The van der Waals surface area contributed by atoms with Crippen molar-refractivity contribution >= 4 is 22.8 Å². The second-order valence-corrected chi connectivity index (χ2v) is 6.49. The van der Waals surface area contributed by atoms with Crippen molar-refractivity contribution in [2.45, 2.75) is 13.5 Å². The zero-order chi connectivity index (χ0) is 20.1. The standard InChI is InChI=1S/C22H22N2O4/c1-15-19(12-17-11-18(27-3)9-10-20(17)23-15)22(26)28-14-21(25)24(2)13-16-7-5-4-6-8-16/h4-12H,13-14H2,1-3H3. The molecule has 0 aliphatic heterocycles. The molecule has 0 aliphatic carbocycles. The van der Waals surface area contributed by atoms with Gasteiger partial charge in [0.25, 0.3) is 5.91 Å². The zero-order valence-corrected chi connectivity index (χ0v) is 16.1. The Balaban J connectivity index is 1.67. The molecule has 144 valence electrons. The Hall–Kier alpha value is -3.41. The van der Waals surface area contributed by atoms with Crippen LogP contribution in [0.4, 0.5) is 0 Å². The number of esters is 1. The summed E-state index contributed by atoms with van der Waals surface area (Å²) in [5.74, 6) is -0.170. The molecule has 0 fully saturated rings. The van der Waals surface area contributed by atoms with Crippen LogP contribution < -0.4 is 4.74 Å². The predicted octanol–water partition coefficient (Wildman–Crippen LogP) is 3.37. The van der Waals surface area contributed by atoms with Crippen molar-refractivity contribution in [2.24, 2.45) is 0 Å². The molecule has 0 saturated heterocycles. The second-order valence-electron chi connectivity index (χ2n) is 6.49. The molecule has 3 aromatic rings. The Kier molecular flexibility index (Phi) is 5.89. The van der Waals surface area contributed by atoms with Gasteiger partial charge in [-0.1, -0.05) is 30.3 Å². The SMILES string of the molecule is COc1ccc2nc(C)c(C(=O)OCC(=O)N(C)Cc3ccccc3)cc2c1. The predicted molar refractivity (Wildman–Crippen MR) is 106 cm³/mol. The van der Waals surface area contributed by atoms with E-state index in [9.17, 15) is 9.59 Å². The number of nitrogens with zero attached hydrogens (tertiary/aromatic N) is 2. The van der Waals surface area contributed by atoms with Gasteiger partial charge in [0.2, 0.25) is 0 Å². The lowest BCUT2D eigenvalue weighted by molar-refractivity contribution is -0.133. The van der Waals surface area contributed by atoms with Gasteiger partial charge in [-0.25, -0.2) is 4.79 Å². The van der Waals surface area contributed by atoms with E-state index in [1.807, 2.05) is 42.5 Å². The number of hydrogen-bond donors (Lipinski definition) is 0. The fraction of sp³-hybridized carbons (Fsp3) is 0.227. The molecule has 1 amide bonds. The van der Waals surface area contributed by atoms with E-state index in [1.54, 1.807) is 33.2 Å². The molecular formula is C22H22N2O4. The Morgan fingerprint density at radius 2 is 1.82 bits per heavy atom. The molecule has 0 N–H and O–H groups in total. The van der Waals surface area contributed by atoms with Crippen LogP contribution >= 0.6 is 0 Å². The summed E-state index contributed by atoms with van der Waals surface area (Å²) in [6.07, 6.45) is 0. The first-order valence-corrected chi connectivity index (χ1v) is 8.88. The van der Waals surface area contributed by atoms with Crippen LogP contribution in [-0.2, 0) is 16.1 Å². The van der Waals surface area contributed by atoms with E-state index >= 15 is 0 Å². The molecule has 0 spiro atoms. The molecule has 0 radical (unpaired) electrons. The quantitative estimate of drug-likeness (QED) is 0.615. The van der Waals surface area contributed by atoms with Crippen molar-refractivity contribution < 1.29 is 19.1 Å². The minimum Gasteiger partial charge on any atom is -0.497 e. The maximum atomic E-state index is 12.5. The summed E-state index contributed by atoms with van der Waals surface area (Å²) < 4.78 is 10.4. The van der Waals surface area contributed by atoms with Crippen LogP contribution in [0.15, 0.2) is 54.6 Å². The van der Waals surface area contributed by atoms with Crippen LogP contribution in [0.3, 0.4) is 0 Å². The third-order valence-electron chi connectivity index (χ3n) is 4.45. The largest absolute Gasteiger partial charge is 0.497 e. The fourth-order valence-electron chi connectivity index (χ4n) is 2.85. The lowest BCUT2D eigenvalue weighted by atomic mass is 10.1. The lowest BCUT2D eigenvalue weighted by Gasteiger charge is -2.17. The number of rotatable bonds is 6. The number of fused-ring (bicyclic) bond motifs is 1. The summed E-state index contributed by atoms with van der Waals surface area (Å²) in [5.41, 5.74) is 2.65. The molecule has 3 rings (SSSR count). The van der Waals surface area contributed by atoms with Crippen molar-refractivity contribution in [3.8, 4) is 5.75 Å². The summed E-state index contributed by atoms with van der Waals surface area (Å²) in [6.45, 7) is 1.87. The number of aryl methyl sites for hydroxylation is 1. The van der Waals surface area contributed by atoms with Crippen LogP contribution in [-0.4, -0.2) is 42.5 Å². The maximum Gasteiger partial charge on any atom is 0.340 e. The number of benzene rings is 2. The highest BCUT2D eigenvalue weighted by molar-refractivity contribution is 5.96. The van der Waals surface area contributed by atoms with E-state index in [2.05, 4.69) is 4.98 Å². The van der Waals surface area contributed by atoms with Gasteiger partial charge in [-0.05, 0) is 36.8 Å². The van der Waals surface area contributed by atoms with E-state index in [4.69, 9.17) is 9.47 Å². The van der Waals surface area contributed by atoms with Crippen LogP contribution in [0.2, 0.25) is 0 Å². The Bertz CT molecular complexity index is 1000. The number of aromatic nitrogens is 1. The van der Waals surface area contributed by atoms with E-state index in [0.29, 0.717) is 23.6 Å². The van der Waals surface area contributed by atoms with Gasteiger partial charge in [0, 0.05) is 19.0 Å². The van der Waals surface area contributed by atoms with E-state index in [0.717, 1.165) is 16.5 Å². The van der Waals surface area contributed by atoms with Gasteiger partial charge in [-0.15, -0.1) is 0 Å². The molecule has 0 aliphatic rings. The van der Waals surface area contributed by atoms with Gasteiger partial charge in [0.15, 0.2) is 6.61 Å². The number of amides is 1. The normalized spacial score (nSPS) is 10.5. The van der Waals surface area contributed by atoms with Crippen molar-refractivity contribution in [1.82, 2.24) is 9.88 Å². The third-order valence-corrected chi connectivity index (χ3v) is 4.45. The average Bonchev–Trinajstić information content (AvgIpc) is 2.71. The van der Waals surface area contributed by atoms with Crippen molar-refractivity contribution in [1.29, 1.82) is 0 Å². The molecular weight excluding hydrogens is 356 g/mol. The number of likely N-dealkylation sites (N-methyl/N-ethyl adjacent to an activating group) is 1. The first-order chi connectivity index (χ1) is 13.5. The number of carbonyl (C=O) groups is 2. The molecule has 0 atom stereocenters. The minimum absolute atomic E-state index is 0.273. The maximum absolute atomic E-state index is 12.5. The number of hydrogen-bond acceptors (Lipinski definition) is 5. The Labute approximate surface area is 163 Å². The van der Waals surface area contributed by atoms with Crippen molar-refractivity contribution in [2.75, 3.05) is 20.8 Å². The minimum atomic E-state index is -0.573. The lowest BCUT2D eigenvalue weighted by Crippen LogP contribution is -2.30. The first-order valence-electron chi connectivity index (χ1n) is 8.88. The molecule has 6 heteroatoms. The molecule has 0 saturated carbocycles. The van der Waals surface area contributed by atoms with Gasteiger partial charge in [-0.2, -0.15) is 0 Å². The van der Waals surface area contributed by atoms with Crippen LogP contribution in [0.1, 0.15) is 21.6 Å². The van der Waals surface area contributed by atoms with Crippen LogP contribution in [0.5, 0.6) is 5.75 Å². The molecule has 6 nitrogen and oxygen atoms in total. The van der Waals surface area contributed by atoms with Crippen LogP contribution in [0, 0.1) is 6.92 Å². The summed E-state index contributed by atoms with van der Waals surface area (Å²) in [6, 6.07) is 16.8. The Morgan fingerprint density at radius 3 is 2.54 bits per heavy atom. The molecule has 1 heterocycles.